The van der Waals surface area contributed by atoms with Crippen molar-refractivity contribution in [2.24, 2.45) is 0 Å². The number of anilines is 2. The van der Waals surface area contributed by atoms with E-state index in [4.69, 9.17) is 0 Å². The molecule has 0 saturated carbocycles. The van der Waals surface area contributed by atoms with Crippen molar-refractivity contribution in [3.05, 3.63) is 66.2 Å². The number of hydrogen-bond acceptors (Lipinski definition) is 6. The van der Waals surface area contributed by atoms with Crippen LogP contribution in [0.15, 0.2) is 55.0 Å². The molecule has 39 heavy (non-hydrogen) atoms. The van der Waals surface area contributed by atoms with Crippen molar-refractivity contribution >= 4 is 28.3 Å². The van der Waals surface area contributed by atoms with Crippen molar-refractivity contribution in [1.29, 1.82) is 0 Å². The molecule has 0 radical (unpaired) electrons. The lowest BCUT2D eigenvalue weighted by Crippen LogP contribution is -2.25. The molecule has 0 unspecified atom stereocenters. The number of alkyl halides is 4. The van der Waals surface area contributed by atoms with Crippen LogP contribution in [0, 0.1) is 0 Å². The van der Waals surface area contributed by atoms with Crippen LogP contribution >= 0.6 is 0 Å². The maximum Gasteiger partial charge on any atom is 0.276 e. The van der Waals surface area contributed by atoms with E-state index >= 15 is 0 Å². The van der Waals surface area contributed by atoms with Crippen LogP contribution in [0.25, 0.3) is 22.0 Å². The maximum absolute atomic E-state index is 13.6. The molecular weight excluding hydrogens is 514 g/mol. The predicted octanol–water partition coefficient (Wildman–Crippen LogP) is 4.96. The molecule has 3 aromatic heterocycles. The monoisotopic (exact) mass is 539 g/mol. The fraction of sp³-hybridized carbons (Fsp3) is 0.333. The van der Waals surface area contributed by atoms with Crippen LogP contribution in [0.2, 0.25) is 0 Å². The lowest BCUT2D eigenvalue weighted by molar-refractivity contribution is 0.0114. The molecule has 2 N–H and O–H groups in total. The Bertz CT molecular complexity index is 1520. The summed E-state index contributed by atoms with van der Waals surface area (Å²) in [6, 6.07) is 10.6. The molecule has 0 atom stereocenters. The lowest BCUT2D eigenvalue weighted by atomic mass is 10.0. The topological polar surface area (TPSA) is 90.0 Å². The number of rotatable bonds is 6. The molecule has 6 rings (SSSR count). The van der Waals surface area contributed by atoms with Crippen LogP contribution in [0.4, 0.5) is 29.1 Å². The van der Waals surface area contributed by atoms with Crippen molar-refractivity contribution in [1.82, 2.24) is 25.1 Å². The van der Waals surface area contributed by atoms with E-state index < -0.39 is 17.8 Å². The Morgan fingerprint density at radius 3 is 2.49 bits per heavy atom. The van der Waals surface area contributed by atoms with E-state index in [0.717, 1.165) is 16.7 Å². The second kappa shape index (κ2) is 9.60. The number of aromatic nitrogens is 4. The van der Waals surface area contributed by atoms with E-state index in [0.29, 0.717) is 35.5 Å². The second-order valence-corrected chi connectivity index (χ2v) is 10.1. The molecule has 2 saturated heterocycles. The molecule has 5 heterocycles. The first kappa shape index (κ1) is 25.2. The van der Waals surface area contributed by atoms with E-state index in [1.54, 1.807) is 29.4 Å². The van der Waals surface area contributed by atoms with Gasteiger partial charge in [0.15, 0.2) is 5.69 Å². The molecule has 1 amide bonds. The minimum absolute atomic E-state index is 0.139. The van der Waals surface area contributed by atoms with E-state index in [1.807, 2.05) is 24.3 Å². The lowest BCUT2D eigenvalue weighted by Gasteiger charge is -2.17. The highest BCUT2D eigenvalue weighted by atomic mass is 19.3. The first-order chi connectivity index (χ1) is 18.6. The summed E-state index contributed by atoms with van der Waals surface area (Å²) in [5.41, 5.74) is 3.66. The van der Waals surface area contributed by atoms with E-state index in [9.17, 15) is 22.4 Å². The molecule has 12 heteroatoms. The zero-order valence-corrected chi connectivity index (χ0v) is 20.8. The van der Waals surface area contributed by atoms with Crippen LogP contribution in [0.5, 0.6) is 0 Å². The van der Waals surface area contributed by atoms with Gasteiger partial charge in [0.05, 0.1) is 30.5 Å². The maximum atomic E-state index is 13.6. The molecule has 2 aliphatic rings. The molecule has 2 aliphatic heterocycles. The summed E-state index contributed by atoms with van der Waals surface area (Å²) in [6.45, 7) is 0.303. The number of nitrogens with zero attached hydrogens (tertiary/aromatic N) is 5. The Kier molecular flexibility index (Phi) is 6.21. The van der Waals surface area contributed by atoms with Gasteiger partial charge in [-0.05, 0) is 41.5 Å². The zero-order chi connectivity index (χ0) is 27.2. The van der Waals surface area contributed by atoms with Crippen LogP contribution < -0.4 is 10.2 Å². The molecule has 8 nitrogen and oxygen atoms in total. The summed E-state index contributed by atoms with van der Waals surface area (Å²) in [5.74, 6) is -5.41. The number of amides is 1. The third-order valence-corrected chi connectivity index (χ3v) is 7.06. The first-order valence-electron chi connectivity index (χ1n) is 12.6. The fourth-order valence-corrected chi connectivity index (χ4v) is 5.07. The van der Waals surface area contributed by atoms with Crippen LogP contribution in [-0.2, 0) is 6.54 Å². The normalized spacial score (nSPS) is 18.6. The van der Waals surface area contributed by atoms with E-state index in [1.165, 1.54) is 11.1 Å². The van der Waals surface area contributed by atoms with Gasteiger partial charge in [0.25, 0.3) is 17.8 Å². The van der Waals surface area contributed by atoms with Crippen LogP contribution in [0.1, 0.15) is 28.9 Å². The van der Waals surface area contributed by atoms with Gasteiger partial charge in [0.1, 0.15) is 5.82 Å². The predicted molar refractivity (Wildman–Crippen MR) is 138 cm³/mol. The van der Waals surface area contributed by atoms with E-state index in [2.05, 4.69) is 25.5 Å². The van der Waals surface area contributed by atoms with Gasteiger partial charge in [0, 0.05) is 55.8 Å². The van der Waals surface area contributed by atoms with Crippen molar-refractivity contribution < 1.29 is 22.4 Å². The third kappa shape index (κ3) is 5.42. The summed E-state index contributed by atoms with van der Waals surface area (Å²) in [7, 11) is 0. The number of likely N-dealkylation sites (tertiary alicyclic amines) is 1. The molecule has 2 fully saturated rings. The number of benzene rings is 1. The molecule has 4 aromatic rings. The first-order valence-corrected chi connectivity index (χ1v) is 12.6. The fourth-order valence-electron chi connectivity index (χ4n) is 5.07. The number of hydrogen-bond donors (Lipinski definition) is 2. The number of aromatic amines is 1. The zero-order valence-electron chi connectivity index (χ0n) is 20.8. The number of carbonyl (C=O) groups excluding carboxylic acids is 1. The largest absolute Gasteiger partial charge is 0.350 e. The highest BCUT2D eigenvalue weighted by Gasteiger charge is 2.39. The van der Waals surface area contributed by atoms with Crippen LogP contribution in [-0.4, -0.2) is 69.0 Å². The highest BCUT2D eigenvalue weighted by molar-refractivity contribution is 6.11. The van der Waals surface area contributed by atoms with Gasteiger partial charge in [-0.2, -0.15) is 5.10 Å². The molecule has 1 aromatic carbocycles. The van der Waals surface area contributed by atoms with E-state index in [-0.39, 0.29) is 38.2 Å². The van der Waals surface area contributed by atoms with Gasteiger partial charge in [-0.3, -0.25) is 19.8 Å². The number of carbonyl (C=O) groups is 1. The average Bonchev–Trinajstić information content (AvgIpc) is 3.60. The average molecular weight is 540 g/mol. The molecule has 0 bridgehead atoms. The SMILES string of the molecule is O=C(Nc1ccc(N2CCC(F)(F)C2)nc1)c1n[nH]c2ccc(-c3cncc(CN4CCC(F)(F)C4)c3)cc12. The smallest absolute Gasteiger partial charge is 0.276 e. The number of H-pyrrole nitrogens is 1. The number of nitrogens with one attached hydrogen (secondary N) is 2. The highest BCUT2D eigenvalue weighted by Crippen LogP contribution is 2.31. The minimum Gasteiger partial charge on any atom is -0.350 e. The summed E-state index contributed by atoms with van der Waals surface area (Å²) < 4.78 is 54.2. The molecule has 0 spiro atoms. The number of fused-ring (bicyclic) bond motifs is 1. The molecular formula is C27H25F4N7O. The Labute approximate surface area is 221 Å². The number of halogens is 4. The van der Waals surface area contributed by atoms with Crippen molar-refractivity contribution in [2.75, 3.05) is 36.4 Å². The quantitative estimate of drug-likeness (QED) is 0.337. The Balaban J connectivity index is 1.18. The molecule has 202 valence electrons. The van der Waals surface area contributed by atoms with Crippen molar-refractivity contribution in [2.45, 2.75) is 31.2 Å². The van der Waals surface area contributed by atoms with Gasteiger partial charge in [-0.25, -0.2) is 22.5 Å². The Morgan fingerprint density at radius 2 is 1.77 bits per heavy atom. The Morgan fingerprint density at radius 1 is 0.949 bits per heavy atom. The van der Waals surface area contributed by atoms with Gasteiger partial charge in [0.2, 0.25) is 0 Å². The molecule has 0 aliphatic carbocycles. The van der Waals surface area contributed by atoms with Gasteiger partial charge >= 0.3 is 0 Å². The van der Waals surface area contributed by atoms with Gasteiger partial charge in [-0.1, -0.05) is 6.07 Å². The second-order valence-electron chi connectivity index (χ2n) is 10.1. The van der Waals surface area contributed by atoms with Crippen molar-refractivity contribution in [3.63, 3.8) is 0 Å². The minimum atomic E-state index is -2.72. The van der Waals surface area contributed by atoms with Gasteiger partial charge in [-0.15, -0.1) is 0 Å². The van der Waals surface area contributed by atoms with Crippen LogP contribution in [0.3, 0.4) is 0 Å². The third-order valence-electron chi connectivity index (χ3n) is 7.06. The summed E-state index contributed by atoms with van der Waals surface area (Å²) in [6.07, 6.45) is 4.44. The standard InChI is InChI=1S/C27H25F4N7O/c28-26(29)5-7-37(15-26)14-17-9-19(12-32-11-17)18-1-3-22-21(10-18)24(36-35-22)25(39)34-20-2-4-23(33-13-20)38-8-6-27(30,31)16-38/h1-4,9-13H,5-8,14-16H2,(H,34,39)(H,35,36). The van der Waals surface area contributed by atoms with Gasteiger partial charge < -0.3 is 10.2 Å². The Hall–Kier alpha value is -4.06. The summed E-state index contributed by atoms with van der Waals surface area (Å²) in [4.78, 5) is 24.8. The summed E-state index contributed by atoms with van der Waals surface area (Å²) >= 11 is 0. The summed E-state index contributed by atoms with van der Waals surface area (Å²) in [5, 5.41) is 10.4. The van der Waals surface area contributed by atoms with Crippen molar-refractivity contribution in [3.8, 4) is 11.1 Å². The number of pyridine rings is 2.